The van der Waals surface area contributed by atoms with Gasteiger partial charge in [0.05, 0.1) is 12.3 Å². The fraction of sp³-hybridized carbons (Fsp3) is 0.182. The van der Waals surface area contributed by atoms with Gasteiger partial charge in [0.1, 0.15) is 0 Å². The van der Waals surface area contributed by atoms with Crippen molar-refractivity contribution in [1.29, 1.82) is 0 Å². The van der Waals surface area contributed by atoms with Gasteiger partial charge in [0, 0.05) is 5.69 Å². The summed E-state index contributed by atoms with van der Waals surface area (Å²) in [5.41, 5.74) is 12.7. The summed E-state index contributed by atoms with van der Waals surface area (Å²) in [6, 6.07) is 6.88. The Balaban J connectivity index is 2.36. The number of ether oxygens (including phenoxy) is 1. The summed E-state index contributed by atoms with van der Waals surface area (Å²) < 4.78 is 6.18. The number of hydrogen-bond donors (Lipinski definition) is 2. The molecular weight excluding hydrogens is 234 g/mol. The molecule has 0 aliphatic carbocycles. The van der Waals surface area contributed by atoms with Crippen LogP contribution in [0.25, 0.3) is 5.69 Å². The third-order valence-corrected chi connectivity index (χ3v) is 2.31. The van der Waals surface area contributed by atoms with E-state index in [1.165, 1.54) is 4.68 Å². The maximum atomic E-state index is 11.5. The minimum Gasteiger partial charge on any atom is -0.461 e. The predicted octanol–water partition coefficient (Wildman–Crippen LogP) is 0.608. The minimum absolute atomic E-state index is 0.00803. The Morgan fingerprint density at radius 3 is 2.61 bits per heavy atom. The van der Waals surface area contributed by atoms with E-state index in [2.05, 4.69) is 10.3 Å². The predicted molar refractivity (Wildman–Crippen MR) is 66.1 cm³/mol. The Hall–Kier alpha value is -2.57. The lowest BCUT2D eigenvalue weighted by Gasteiger charge is -2.03. The Morgan fingerprint density at radius 2 is 2.00 bits per heavy atom. The number of nitrogens with zero attached hydrogens (tertiary/aromatic N) is 3. The van der Waals surface area contributed by atoms with Crippen LogP contribution in [0.4, 0.5) is 11.5 Å². The van der Waals surface area contributed by atoms with Crippen molar-refractivity contribution in [2.45, 2.75) is 6.92 Å². The molecule has 7 nitrogen and oxygen atoms in total. The molecule has 0 fully saturated rings. The summed E-state index contributed by atoms with van der Waals surface area (Å²) in [6.45, 7) is 1.96. The number of rotatable bonds is 3. The van der Waals surface area contributed by atoms with Crippen LogP contribution in [-0.4, -0.2) is 27.6 Å². The quantitative estimate of drug-likeness (QED) is 0.607. The highest BCUT2D eigenvalue weighted by atomic mass is 16.5. The lowest BCUT2D eigenvalue weighted by molar-refractivity contribution is 0.0520. The second kappa shape index (κ2) is 4.74. The Bertz CT molecular complexity index is 561. The smallest absolute Gasteiger partial charge is 0.362 e. The molecule has 4 N–H and O–H groups in total. The first kappa shape index (κ1) is 11.9. The van der Waals surface area contributed by atoms with Crippen LogP contribution in [0.15, 0.2) is 24.3 Å². The van der Waals surface area contributed by atoms with Crippen LogP contribution >= 0.6 is 0 Å². The van der Waals surface area contributed by atoms with Crippen molar-refractivity contribution in [1.82, 2.24) is 15.0 Å². The number of benzene rings is 1. The molecule has 0 spiro atoms. The monoisotopic (exact) mass is 247 g/mol. The molecule has 7 heteroatoms. The van der Waals surface area contributed by atoms with Crippen molar-refractivity contribution in [3.63, 3.8) is 0 Å². The SMILES string of the molecule is CCOC(=O)c1nnn(-c2ccc(N)cc2)c1N. The molecule has 0 radical (unpaired) electrons. The highest BCUT2D eigenvalue weighted by Gasteiger charge is 2.19. The van der Waals surface area contributed by atoms with Crippen LogP contribution in [-0.2, 0) is 4.74 Å². The second-order valence-electron chi connectivity index (χ2n) is 3.55. The summed E-state index contributed by atoms with van der Waals surface area (Å²) in [5.74, 6) is -0.449. The van der Waals surface area contributed by atoms with Gasteiger partial charge >= 0.3 is 5.97 Å². The molecule has 2 rings (SSSR count). The van der Waals surface area contributed by atoms with Crippen LogP contribution in [0.5, 0.6) is 0 Å². The molecule has 94 valence electrons. The summed E-state index contributed by atoms with van der Waals surface area (Å²) in [5, 5.41) is 7.53. The average Bonchev–Trinajstić information content (AvgIpc) is 2.73. The van der Waals surface area contributed by atoms with Crippen LogP contribution in [0.1, 0.15) is 17.4 Å². The molecule has 2 aromatic rings. The Morgan fingerprint density at radius 1 is 1.33 bits per heavy atom. The number of carbonyl (C=O) groups is 1. The third-order valence-electron chi connectivity index (χ3n) is 2.31. The van der Waals surface area contributed by atoms with Gasteiger partial charge in [0.15, 0.2) is 5.82 Å². The molecule has 0 unspecified atom stereocenters. The van der Waals surface area contributed by atoms with Crippen molar-refractivity contribution in [2.75, 3.05) is 18.1 Å². The molecular formula is C11H13N5O2. The molecule has 1 heterocycles. The van der Waals surface area contributed by atoms with Gasteiger partial charge in [-0.05, 0) is 31.2 Å². The van der Waals surface area contributed by atoms with E-state index in [4.69, 9.17) is 16.2 Å². The number of carbonyl (C=O) groups excluding carboxylic acids is 1. The van der Waals surface area contributed by atoms with E-state index in [-0.39, 0.29) is 18.1 Å². The third kappa shape index (κ3) is 2.10. The summed E-state index contributed by atoms with van der Waals surface area (Å²) >= 11 is 0. The van der Waals surface area contributed by atoms with E-state index in [1.807, 2.05) is 0 Å². The second-order valence-corrected chi connectivity index (χ2v) is 3.55. The van der Waals surface area contributed by atoms with Gasteiger partial charge in [-0.15, -0.1) is 5.10 Å². The van der Waals surface area contributed by atoms with Gasteiger partial charge in [-0.1, -0.05) is 5.21 Å². The zero-order valence-electron chi connectivity index (χ0n) is 9.83. The molecule has 0 aliphatic rings. The normalized spacial score (nSPS) is 10.3. The average molecular weight is 247 g/mol. The summed E-state index contributed by atoms with van der Waals surface area (Å²) in [7, 11) is 0. The molecule has 0 saturated carbocycles. The standard InChI is InChI=1S/C11H13N5O2/c1-2-18-11(17)9-10(13)16(15-14-9)8-5-3-7(12)4-6-8/h3-6H,2,12-13H2,1H3. The number of aromatic nitrogens is 3. The largest absolute Gasteiger partial charge is 0.461 e. The minimum atomic E-state index is -0.586. The van der Waals surface area contributed by atoms with Gasteiger partial charge in [-0.2, -0.15) is 4.68 Å². The number of nitrogen functional groups attached to an aromatic ring is 2. The van der Waals surface area contributed by atoms with Crippen molar-refractivity contribution < 1.29 is 9.53 Å². The summed E-state index contributed by atoms with van der Waals surface area (Å²) in [6.07, 6.45) is 0. The fourth-order valence-corrected chi connectivity index (χ4v) is 1.44. The first-order chi connectivity index (χ1) is 8.63. The van der Waals surface area contributed by atoms with Crippen molar-refractivity contribution in [3.8, 4) is 5.69 Å². The molecule has 0 bridgehead atoms. The lowest BCUT2D eigenvalue weighted by atomic mass is 10.3. The van der Waals surface area contributed by atoms with Gasteiger partial charge in [-0.3, -0.25) is 0 Å². The maximum absolute atomic E-state index is 11.5. The van der Waals surface area contributed by atoms with Gasteiger partial charge < -0.3 is 16.2 Å². The maximum Gasteiger partial charge on any atom is 0.362 e. The number of anilines is 2. The Kier molecular flexibility index (Phi) is 3.13. The van der Waals surface area contributed by atoms with Crippen LogP contribution in [0, 0.1) is 0 Å². The lowest BCUT2D eigenvalue weighted by Crippen LogP contribution is -2.09. The molecule has 1 aromatic heterocycles. The number of hydrogen-bond acceptors (Lipinski definition) is 6. The molecule has 1 aromatic carbocycles. The van der Waals surface area contributed by atoms with Gasteiger partial charge in [0.2, 0.25) is 5.69 Å². The van der Waals surface area contributed by atoms with Crippen molar-refractivity contribution >= 4 is 17.5 Å². The topological polar surface area (TPSA) is 109 Å². The first-order valence-electron chi connectivity index (χ1n) is 5.37. The zero-order valence-corrected chi connectivity index (χ0v) is 9.83. The van der Waals surface area contributed by atoms with E-state index >= 15 is 0 Å². The highest BCUT2D eigenvalue weighted by molar-refractivity contribution is 5.92. The number of esters is 1. The molecule has 0 saturated heterocycles. The van der Waals surface area contributed by atoms with Crippen molar-refractivity contribution in [3.05, 3.63) is 30.0 Å². The summed E-state index contributed by atoms with van der Waals surface area (Å²) in [4.78, 5) is 11.5. The van der Waals surface area contributed by atoms with E-state index in [0.717, 1.165) is 0 Å². The molecule has 0 aliphatic heterocycles. The molecule has 0 atom stereocenters. The van der Waals surface area contributed by atoms with Crippen molar-refractivity contribution in [2.24, 2.45) is 0 Å². The van der Waals surface area contributed by atoms with Crippen LogP contribution in [0.2, 0.25) is 0 Å². The first-order valence-corrected chi connectivity index (χ1v) is 5.37. The number of nitrogens with two attached hydrogens (primary N) is 2. The van der Waals surface area contributed by atoms with Gasteiger partial charge in [0.25, 0.3) is 0 Å². The Labute approximate surface area is 103 Å². The van der Waals surface area contributed by atoms with E-state index in [9.17, 15) is 4.79 Å². The molecule has 0 amide bonds. The molecule has 18 heavy (non-hydrogen) atoms. The van der Waals surface area contributed by atoms with Gasteiger partial charge in [-0.25, -0.2) is 4.79 Å². The van der Waals surface area contributed by atoms with E-state index in [1.54, 1.807) is 31.2 Å². The van der Waals surface area contributed by atoms with E-state index < -0.39 is 5.97 Å². The van der Waals surface area contributed by atoms with Crippen LogP contribution in [0.3, 0.4) is 0 Å². The zero-order chi connectivity index (χ0) is 13.1. The van der Waals surface area contributed by atoms with E-state index in [0.29, 0.717) is 11.4 Å². The fourth-order valence-electron chi connectivity index (χ4n) is 1.44. The highest BCUT2D eigenvalue weighted by Crippen LogP contribution is 2.16. The van der Waals surface area contributed by atoms with Crippen LogP contribution < -0.4 is 11.5 Å².